The maximum absolute atomic E-state index is 6.04. The van der Waals surface area contributed by atoms with E-state index in [-0.39, 0.29) is 6.79 Å². The van der Waals surface area contributed by atoms with E-state index < -0.39 is 0 Å². The molecule has 0 atom stereocenters. The van der Waals surface area contributed by atoms with E-state index in [2.05, 4.69) is 0 Å². The Kier molecular flexibility index (Phi) is 2.52. The van der Waals surface area contributed by atoms with E-state index in [1.807, 2.05) is 13.0 Å². The summed E-state index contributed by atoms with van der Waals surface area (Å²) in [6, 6.07) is 1.90. The van der Waals surface area contributed by atoms with Crippen LogP contribution >= 0.6 is 11.6 Å². The van der Waals surface area contributed by atoms with Crippen molar-refractivity contribution in [3.05, 3.63) is 22.2 Å². The number of ether oxygens (including phenoxy) is 2. The number of hydrogen-bond acceptors (Lipinski definition) is 3. The van der Waals surface area contributed by atoms with Crippen molar-refractivity contribution >= 4 is 11.6 Å². The molecule has 2 rings (SSSR count). The zero-order valence-corrected chi connectivity index (χ0v) is 8.73. The standard InChI is InChI=1S/C10H12ClNO2/c1-6-7(2-3-12)4-8(11)10-9(6)13-5-14-10/h4H,2-3,5,12H2,1H3. The fourth-order valence-electron chi connectivity index (χ4n) is 1.62. The summed E-state index contributed by atoms with van der Waals surface area (Å²) in [5.74, 6) is 1.42. The van der Waals surface area contributed by atoms with Gasteiger partial charge in [0.05, 0.1) is 5.02 Å². The van der Waals surface area contributed by atoms with Gasteiger partial charge >= 0.3 is 0 Å². The minimum atomic E-state index is 0.252. The highest BCUT2D eigenvalue weighted by molar-refractivity contribution is 6.32. The molecule has 0 radical (unpaired) electrons. The van der Waals surface area contributed by atoms with Gasteiger partial charge in [-0.05, 0) is 37.1 Å². The number of hydrogen-bond donors (Lipinski definition) is 1. The van der Waals surface area contributed by atoms with E-state index in [0.29, 0.717) is 17.3 Å². The first-order valence-corrected chi connectivity index (χ1v) is 4.89. The lowest BCUT2D eigenvalue weighted by Crippen LogP contribution is -2.04. The van der Waals surface area contributed by atoms with Crippen LogP contribution in [0, 0.1) is 6.92 Å². The average Bonchev–Trinajstić information content (AvgIpc) is 2.63. The van der Waals surface area contributed by atoms with Crippen molar-refractivity contribution in [2.45, 2.75) is 13.3 Å². The summed E-state index contributed by atoms with van der Waals surface area (Å²) >= 11 is 6.04. The Hall–Kier alpha value is -0.930. The van der Waals surface area contributed by atoms with Gasteiger partial charge in [-0.15, -0.1) is 0 Å². The number of fused-ring (bicyclic) bond motifs is 1. The van der Waals surface area contributed by atoms with Crippen LogP contribution in [0.25, 0.3) is 0 Å². The van der Waals surface area contributed by atoms with Crippen LogP contribution in [0.1, 0.15) is 11.1 Å². The molecule has 0 bridgehead atoms. The van der Waals surface area contributed by atoms with E-state index in [0.717, 1.165) is 23.3 Å². The molecule has 0 saturated carbocycles. The predicted molar refractivity (Wildman–Crippen MR) is 55.1 cm³/mol. The van der Waals surface area contributed by atoms with Crippen LogP contribution in [0.4, 0.5) is 0 Å². The predicted octanol–water partition coefficient (Wildman–Crippen LogP) is 1.88. The van der Waals surface area contributed by atoms with Crippen LogP contribution in [0.5, 0.6) is 11.5 Å². The summed E-state index contributed by atoms with van der Waals surface area (Å²) < 4.78 is 10.6. The van der Waals surface area contributed by atoms with Gasteiger partial charge < -0.3 is 15.2 Å². The zero-order valence-electron chi connectivity index (χ0n) is 7.97. The lowest BCUT2D eigenvalue weighted by Gasteiger charge is -2.08. The molecule has 1 aliphatic heterocycles. The molecule has 0 unspecified atom stereocenters. The Labute approximate surface area is 87.8 Å². The van der Waals surface area contributed by atoms with Crippen molar-refractivity contribution in [2.24, 2.45) is 5.73 Å². The third-order valence-corrected chi connectivity index (χ3v) is 2.65. The van der Waals surface area contributed by atoms with E-state index in [1.54, 1.807) is 0 Å². The van der Waals surface area contributed by atoms with E-state index >= 15 is 0 Å². The summed E-state index contributed by atoms with van der Waals surface area (Å²) in [7, 11) is 0. The molecule has 2 N–H and O–H groups in total. The summed E-state index contributed by atoms with van der Waals surface area (Å²) in [5, 5.41) is 0.603. The van der Waals surface area contributed by atoms with Crippen LogP contribution in [-0.4, -0.2) is 13.3 Å². The SMILES string of the molecule is Cc1c(CCN)cc(Cl)c2c1OCO2. The summed E-state index contributed by atoms with van der Waals surface area (Å²) in [5.41, 5.74) is 7.71. The van der Waals surface area contributed by atoms with E-state index in [4.69, 9.17) is 26.8 Å². The van der Waals surface area contributed by atoms with Gasteiger partial charge in [-0.2, -0.15) is 0 Å². The van der Waals surface area contributed by atoms with Crippen molar-refractivity contribution < 1.29 is 9.47 Å². The van der Waals surface area contributed by atoms with Crippen molar-refractivity contribution in [1.29, 1.82) is 0 Å². The Morgan fingerprint density at radius 1 is 1.43 bits per heavy atom. The topological polar surface area (TPSA) is 44.5 Å². The molecule has 76 valence electrons. The Bertz CT molecular complexity index is 366. The molecule has 1 heterocycles. The van der Waals surface area contributed by atoms with Crippen LogP contribution in [0.2, 0.25) is 5.02 Å². The first-order chi connectivity index (χ1) is 6.74. The normalized spacial score (nSPS) is 13.4. The van der Waals surface area contributed by atoms with Gasteiger partial charge in [0.2, 0.25) is 6.79 Å². The fourth-order valence-corrected chi connectivity index (χ4v) is 1.89. The monoisotopic (exact) mass is 213 g/mol. The molecular weight excluding hydrogens is 202 g/mol. The van der Waals surface area contributed by atoms with Gasteiger partial charge in [0.1, 0.15) is 0 Å². The average molecular weight is 214 g/mol. The molecule has 0 fully saturated rings. The molecule has 3 nitrogen and oxygen atoms in total. The first-order valence-electron chi connectivity index (χ1n) is 4.51. The smallest absolute Gasteiger partial charge is 0.231 e. The van der Waals surface area contributed by atoms with Crippen molar-refractivity contribution in [3.63, 3.8) is 0 Å². The molecule has 0 amide bonds. The van der Waals surface area contributed by atoms with Crippen LogP contribution in [0.3, 0.4) is 0 Å². The molecule has 0 aromatic heterocycles. The maximum Gasteiger partial charge on any atom is 0.231 e. The maximum atomic E-state index is 6.04. The van der Waals surface area contributed by atoms with Gasteiger partial charge in [-0.3, -0.25) is 0 Å². The molecule has 0 spiro atoms. The van der Waals surface area contributed by atoms with Crippen molar-refractivity contribution in [1.82, 2.24) is 0 Å². The second-order valence-corrected chi connectivity index (χ2v) is 3.65. The quantitative estimate of drug-likeness (QED) is 0.816. The molecule has 1 aliphatic rings. The largest absolute Gasteiger partial charge is 0.453 e. The minimum Gasteiger partial charge on any atom is -0.453 e. The molecule has 4 heteroatoms. The highest BCUT2D eigenvalue weighted by Crippen LogP contribution is 2.43. The highest BCUT2D eigenvalue weighted by atomic mass is 35.5. The Morgan fingerprint density at radius 2 is 2.14 bits per heavy atom. The van der Waals surface area contributed by atoms with Crippen molar-refractivity contribution in [2.75, 3.05) is 13.3 Å². The zero-order chi connectivity index (χ0) is 10.1. The third kappa shape index (κ3) is 1.42. The highest BCUT2D eigenvalue weighted by Gasteiger charge is 2.21. The van der Waals surface area contributed by atoms with Crippen LogP contribution in [0.15, 0.2) is 6.07 Å². The molecule has 0 saturated heterocycles. The number of nitrogens with two attached hydrogens (primary N) is 1. The molecule has 1 aromatic rings. The van der Waals surface area contributed by atoms with E-state index in [9.17, 15) is 0 Å². The number of rotatable bonds is 2. The van der Waals surface area contributed by atoms with Gasteiger partial charge in [-0.1, -0.05) is 11.6 Å². The molecule has 14 heavy (non-hydrogen) atoms. The van der Waals surface area contributed by atoms with Crippen LogP contribution < -0.4 is 15.2 Å². The van der Waals surface area contributed by atoms with Crippen molar-refractivity contribution in [3.8, 4) is 11.5 Å². The summed E-state index contributed by atoms with van der Waals surface area (Å²) in [6.07, 6.45) is 0.808. The second-order valence-electron chi connectivity index (χ2n) is 3.25. The van der Waals surface area contributed by atoms with Gasteiger partial charge in [0, 0.05) is 0 Å². The number of halogens is 1. The third-order valence-electron chi connectivity index (χ3n) is 2.37. The lowest BCUT2D eigenvalue weighted by atomic mass is 10.0. The lowest BCUT2D eigenvalue weighted by molar-refractivity contribution is 0.173. The summed E-state index contributed by atoms with van der Waals surface area (Å²) in [4.78, 5) is 0. The molecule has 0 aliphatic carbocycles. The minimum absolute atomic E-state index is 0.252. The van der Waals surface area contributed by atoms with Gasteiger partial charge in [0.15, 0.2) is 11.5 Å². The van der Waals surface area contributed by atoms with Crippen LogP contribution in [-0.2, 0) is 6.42 Å². The van der Waals surface area contributed by atoms with E-state index in [1.165, 1.54) is 0 Å². The summed E-state index contributed by atoms with van der Waals surface area (Å²) in [6.45, 7) is 2.85. The van der Waals surface area contributed by atoms with Gasteiger partial charge in [-0.25, -0.2) is 0 Å². The molecule has 1 aromatic carbocycles. The fraction of sp³-hybridized carbons (Fsp3) is 0.400. The van der Waals surface area contributed by atoms with Gasteiger partial charge in [0.25, 0.3) is 0 Å². The first kappa shape index (κ1) is 9.62. The second kappa shape index (κ2) is 3.67. The molecular formula is C10H12ClNO2. The Morgan fingerprint density at radius 3 is 2.86 bits per heavy atom. The Balaban J connectivity index is 2.50. The number of benzene rings is 1.